The minimum absolute atomic E-state index is 0.286. The molecule has 1 heterocycles. The summed E-state index contributed by atoms with van der Waals surface area (Å²) in [5.74, 6) is 0. The Kier molecular flexibility index (Phi) is 11.0. The van der Waals surface area contributed by atoms with Crippen LogP contribution in [0.4, 0.5) is 0 Å². The van der Waals surface area contributed by atoms with Gasteiger partial charge >= 0.3 is 0 Å². The van der Waals surface area contributed by atoms with Crippen molar-refractivity contribution in [2.45, 2.75) is 89.0 Å². The number of aliphatic hydroxyl groups is 3. The van der Waals surface area contributed by atoms with Gasteiger partial charge in [0.2, 0.25) is 0 Å². The molecule has 138 valence electrons. The number of aliphatic hydroxyl groups excluding tert-OH is 3. The molecule has 1 fully saturated rings. The second kappa shape index (κ2) is 12.2. The van der Waals surface area contributed by atoms with E-state index < -0.39 is 30.7 Å². The first-order valence-corrected chi connectivity index (χ1v) is 8.92. The van der Waals surface area contributed by atoms with Gasteiger partial charge in [-0.15, -0.1) is 0 Å². The molecule has 0 aliphatic carbocycles. The van der Waals surface area contributed by atoms with Crippen molar-refractivity contribution in [2.24, 2.45) is 0 Å². The van der Waals surface area contributed by atoms with Crippen molar-refractivity contribution >= 4 is 0 Å². The lowest BCUT2D eigenvalue weighted by Gasteiger charge is -2.41. The Labute approximate surface area is 139 Å². The fraction of sp³-hybridized carbons (Fsp3) is 1.00. The van der Waals surface area contributed by atoms with E-state index in [1.54, 1.807) is 0 Å². The maximum atomic E-state index is 10.1. The number of hydrogen-bond acceptors (Lipinski definition) is 6. The third kappa shape index (κ3) is 7.03. The van der Waals surface area contributed by atoms with E-state index in [-0.39, 0.29) is 6.61 Å². The molecule has 1 aliphatic heterocycles. The first-order chi connectivity index (χ1) is 11.2. The summed E-state index contributed by atoms with van der Waals surface area (Å²) in [6.45, 7) is 2.42. The van der Waals surface area contributed by atoms with Crippen LogP contribution in [0.25, 0.3) is 0 Å². The fourth-order valence-electron chi connectivity index (χ4n) is 2.91. The molecule has 0 radical (unpaired) electrons. The Hall–Kier alpha value is -0.240. The van der Waals surface area contributed by atoms with E-state index >= 15 is 0 Å². The van der Waals surface area contributed by atoms with E-state index in [4.69, 9.17) is 14.2 Å². The van der Waals surface area contributed by atoms with E-state index in [1.165, 1.54) is 45.6 Å². The van der Waals surface area contributed by atoms with Crippen LogP contribution >= 0.6 is 0 Å². The summed E-state index contributed by atoms with van der Waals surface area (Å²) < 4.78 is 16.0. The topological polar surface area (TPSA) is 88.4 Å². The minimum atomic E-state index is -1.17. The van der Waals surface area contributed by atoms with Crippen molar-refractivity contribution in [1.82, 2.24) is 0 Å². The van der Waals surface area contributed by atoms with Crippen LogP contribution in [0.2, 0.25) is 0 Å². The second-order valence-corrected chi connectivity index (χ2v) is 6.25. The summed E-state index contributed by atoms with van der Waals surface area (Å²) in [6, 6.07) is 0. The second-order valence-electron chi connectivity index (χ2n) is 6.25. The SMILES string of the molecule is CCCCCCCCCCO[C@@H]1[C@H](O)[C@@H](O)[C@@H](OC)O[C@@H]1CO. The zero-order chi connectivity index (χ0) is 17.1. The Morgan fingerprint density at radius 1 is 0.913 bits per heavy atom. The van der Waals surface area contributed by atoms with Crippen molar-refractivity contribution in [3.8, 4) is 0 Å². The lowest BCUT2D eigenvalue weighted by atomic mass is 9.99. The normalized spacial score (nSPS) is 31.4. The molecule has 6 heteroatoms. The van der Waals surface area contributed by atoms with Gasteiger partial charge in [0.25, 0.3) is 0 Å². The Morgan fingerprint density at radius 3 is 2.09 bits per heavy atom. The number of ether oxygens (including phenoxy) is 3. The quantitative estimate of drug-likeness (QED) is 0.470. The van der Waals surface area contributed by atoms with Crippen molar-refractivity contribution in [2.75, 3.05) is 20.3 Å². The number of unbranched alkanes of at least 4 members (excludes halogenated alkanes) is 7. The van der Waals surface area contributed by atoms with Gasteiger partial charge in [-0.25, -0.2) is 0 Å². The molecular weight excluding hydrogens is 300 g/mol. The molecule has 0 spiro atoms. The number of rotatable bonds is 12. The maximum absolute atomic E-state index is 10.1. The van der Waals surface area contributed by atoms with Crippen molar-refractivity contribution in [3.05, 3.63) is 0 Å². The van der Waals surface area contributed by atoms with E-state index in [1.807, 2.05) is 0 Å². The predicted octanol–water partition coefficient (Wildman–Crippen LogP) is 1.60. The maximum Gasteiger partial charge on any atom is 0.186 e. The first kappa shape index (κ1) is 20.8. The van der Waals surface area contributed by atoms with Crippen LogP contribution in [0.5, 0.6) is 0 Å². The molecule has 3 N–H and O–H groups in total. The number of methoxy groups -OCH3 is 1. The third-order valence-corrected chi connectivity index (χ3v) is 4.36. The highest BCUT2D eigenvalue weighted by molar-refractivity contribution is 4.90. The van der Waals surface area contributed by atoms with Gasteiger partial charge in [0.15, 0.2) is 6.29 Å². The highest BCUT2D eigenvalue weighted by Gasteiger charge is 2.45. The lowest BCUT2D eigenvalue weighted by Crippen LogP contribution is -2.59. The van der Waals surface area contributed by atoms with Crippen molar-refractivity contribution in [1.29, 1.82) is 0 Å². The Morgan fingerprint density at radius 2 is 1.52 bits per heavy atom. The average Bonchev–Trinajstić information content (AvgIpc) is 2.57. The smallest absolute Gasteiger partial charge is 0.186 e. The number of hydrogen-bond donors (Lipinski definition) is 3. The van der Waals surface area contributed by atoms with Crippen LogP contribution in [0.1, 0.15) is 58.3 Å². The van der Waals surface area contributed by atoms with Crippen molar-refractivity contribution in [3.63, 3.8) is 0 Å². The summed E-state index contributed by atoms with van der Waals surface area (Å²) in [4.78, 5) is 0. The molecule has 1 rings (SSSR count). The zero-order valence-corrected chi connectivity index (χ0v) is 14.5. The van der Waals surface area contributed by atoms with Crippen LogP contribution in [-0.2, 0) is 14.2 Å². The van der Waals surface area contributed by atoms with E-state index in [0.29, 0.717) is 6.61 Å². The summed E-state index contributed by atoms with van der Waals surface area (Å²) in [5.41, 5.74) is 0. The average molecular weight is 334 g/mol. The first-order valence-electron chi connectivity index (χ1n) is 8.92. The molecule has 1 aliphatic rings. The molecule has 1 saturated heterocycles. The van der Waals surface area contributed by atoms with Gasteiger partial charge in [0.1, 0.15) is 24.4 Å². The van der Waals surface area contributed by atoms with Crippen molar-refractivity contribution < 1.29 is 29.5 Å². The van der Waals surface area contributed by atoms with E-state index in [0.717, 1.165) is 12.8 Å². The summed E-state index contributed by atoms with van der Waals surface area (Å²) >= 11 is 0. The molecule has 0 unspecified atom stereocenters. The molecule has 23 heavy (non-hydrogen) atoms. The molecule has 0 saturated carbocycles. The Bertz CT molecular complexity index is 286. The molecule has 0 aromatic heterocycles. The molecular formula is C17H34O6. The lowest BCUT2D eigenvalue weighted by molar-refractivity contribution is -0.301. The summed E-state index contributed by atoms with van der Waals surface area (Å²) in [7, 11) is 1.39. The Balaban J connectivity index is 2.19. The van der Waals surface area contributed by atoms with Crippen LogP contribution in [0, 0.1) is 0 Å². The van der Waals surface area contributed by atoms with Crippen LogP contribution in [-0.4, -0.2) is 66.3 Å². The van der Waals surface area contributed by atoms with E-state index in [9.17, 15) is 15.3 Å². The van der Waals surface area contributed by atoms with Crippen LogP contribution in [0.15, 0.2) is 0 Å². The highest BCUT2D eigenvalue weighted by atomic mass is 16.7. The molecule has 0 amide bonds. The predicted molar refractivity (Wildman–Crippen MR) is 87.1 cm³/mol. The summed E-state index contributed by atoms with van der Waals surface area (Å²) in [6.07, 6.45) is 4.96. The standard InChI is InChI=1S/C17H34O6/c1-3-4-5-6-7-8-9-10-11-22-16-13(12-18)23-17(21-2)15(20)14(16)19/h13-20H,3-12H2,1-2H3/t13-,14-,15-,16+,17+/m1/s1. The van der Waals surface area contributed by atoms with Gasteiger partial charge in [0.05, 0.1) is 6.61 Å². The largest absolute Gasteiger partial charge is 0.394 e. The summed E-state index contributed by atoms with van der Waals surface area (Å²) in [5, 5.41) is 29.4. The molecule has 5 atom stereocenters. The third-order valence-electron chi connectivity index (χ3n) is 4.36. The molecule has 0 aromatic rings. The van der Waals surface area contributed by atoms with E-state index in [2.05, 4.69) is 6.92 Å². The molecule has 6 nitrogen and oxygen atoms in total. The monoisotopic (exact) mass is 334 g/mol. The molecule has 0 bridgehead atoms. The van der Waals surface area contributed by atoms with Crippen LogP contribution < -0.4 is 0 Å². The van der Waals surface area contributed by atoms with Crippen LogP contribution in [0.3, 0.4) is 0 Å². The fourth-order valence-corrected chi connectivity index (χ4v) is 2.91. The van der Waals surface area contributed by atoms with Gasteiger partial charge < -0.3 is 29.5 Å². The van der Waals surface area contributed by atoms with Gasteiger partial charge in [0, 0.05) is 13.7 Å². The highest BCUT2D eigenvalue weighted by Crippen LogP contribution is 2.24. The minimum Gasteiger partial charge on any atom is -0.394 e. The zero-order valence-electron chi connectivity index (χ0n) is 14.5. The van der Waals surface area contributed by atoms with Gasteiger partial charge in [-0.05, 0) is 6.42 Å². The molecule has 0 aromatic carbocycles. The van der Waals surface area contributed by atoms with Gasteiger partial charge in [-0.3, -0.25) is 0 Å². The van der Waals surface area contributed by atoms with Gasteiger partial charge in [-0.2, -0.15) is 0 Å². The van der Waals surface area contributed by atoms with Gasteiger partial charge in [-0.1, -0.05) is 51.9 Å².